The predicted octanol–water partition coefficient (Wildman–Crippen LogP) is 3.14. The van der Waals surface area contributed by atoms with Gasteiger partial charge < -0.3 is 14.5 Å². The average Bonchev–Trinajstić information content (AvgIpc) is 2.78. The topological polar surface area (TPSA) is 69.5 Å². The van der Waals surface area contributed by atoms with Crippen LogP contribution in [0.5, 0.6) is 0 Å². The number of piperazine rings is 1. The van der Waals surface area contributed by atoms with E-state index < -0.39 is 0 Å². The predicted molar refractivity (Wildman–Crippen MR) is 111 cm³/mol. The monoisotopic (exact) mass is 390 g/mol. The first-order valence-corrected chi connectivity index (χ1v) is 10.3. The first-order valence-electron chi connectivity index (χ1n) is 10.3. The van der Waals surface area contributed by atoms with Crippen molar-refractivity contribution >= 4 is 11.7 Å². The number of nitrogens with zero attached hydrogens (tertiary/aromatic N) is 4. The Hall–Kier alpha value is -2.91. The summed E-state index contributed by atoms with van der Waals surface area (Å²) in [5.74, 6) is 0.917. The van der Waals surface area contributed by atoms with Crippen molar-refractivity contribution in [3.63, 3.8) is 0 Å². The summed E-state index contributed by atoms with van der Waals surface area (Å²) in [5.41, 5.74) is 4.67. The van der Waals surface area contributed by atoms with E-state index >= 15 is 0 Å². The summed E-state index contributed by atoms with van der Waals surface area (Å²) in [6, 6.07) is 12.6. The highest BCUT2D eigenvalue weighted by atomic mass is 16.5. The highest BCUT2D eigenvalue weighted by Crippen LogP contribution is 2.35. The summed E-state index contributed by atoms with van der Waals surface area (Å²) in [7, 11) is 0. The van der Waals surface area contributed by atoms with Crippen LogP contribution in [0.4, 0.5) is 5.82 Å². The van der Waals surface area contributed by atoms with E-state index in [1.807, 2.05) is 42.2 Å². The third-order valence-corrected chi connectivity index (χ3v) is 5.84. The van der Waals surface area contributed by atoms with Gasteiger partial charge in [0.15, 0.2) is 0 Å². The second-order valence-corrected chi connectivity index (χ2v) is 7.63. The van der Waals surface area contributed by atoms with Crippen molar-refractivity contribution in [1.29, 1.82) is 5.26 Å². The summed E-state index contributed by atoms with van der Waals surface area (Å²) < 4.78 is 5.71. The molecule has 0 saturated carbocycles. The summed E-state index contributed by atoms with van der Waals surface area (Å²) >= 11 is 0. The Balaban J connectivity index is 1.78. The lowest BCUT2D eigenvalue weighted by Gasteiger charge is -2.41. The minimum atomic E-state index is 0.0871. The van der Waals surface area contributed by atoms with Crippen LogP contribution in [0.25, 0.3) is 11.3 Å². The molecule has 6 nitrogen and oxygen atoms in total. The Morgan fingerprint density at radius 3 is 2.76 bits per heavy atom. The molecule has 1 aromatic carbocycles. The van der Waals surface area contributed by atoms with Gasteiger partial charge in [-0.05, 0) is 18.9 Å². The van der Waals surface area contributed by atoms with Gasteiger partial charge in [0.1, 0.15) is 11.9 Å². The average molecular weight is 390 g/mol. The normalized spacial score (nSPS) is 18.9. The van der Waals surface area contributed by atoms with E-state index in [-0.39, 0.29) is 11.9 Å². The highest BCUT2D eigenvalue weighted by molar-refractivity contribution is 5.77. The second kappa shape index (κ2) is 8.22. The smallest absolute Gasteiger partial charge is 0.222 e. The molecule has 1 aromatic heterocycles. The molecular weight excluding hydrogens is 364 g/mol. The van der Waals surface area contributed by atoms with Gasteiger partial charge in [-0.1, -0.05) is 37.3 Å². The number of hydrogen-bond donors (Lipinski definition) is 0. The fourth-order valence-electron chi connectivity index (χ4n) is 4.34. The summed E-state index contributed by atoms with van der Waals surface area (Å²) in [6.45, 7) is 7.08. The molecule has 3 heterocycles. The summed E-state index contributed by atoms with van der Waals surface area (Å²) in [6.07, 6.45) is 1.24. The van der Waals surface area contributed by atoms with Crippen molar-refractivity contribution in [2.24, 2.45) is 0 Å². The van der Waals surface area contributed by atoms with Crippen molar-refractivity contribution in [1.82, 2.24) is 9.88 Å². The van der Waals surface area contributed by atoms with Crippen LogP contribution in [-0.2, 0) is 22.6 Å². The number of nitriles is 1. The number of amides is 1. The number of carbonyl (C=O) groups is 1. The van der Waals surface area contributed by atoms with Gasteiger partial charge in [-0.2, -0.15) is 5.26 Å². The van der Waals surface area contributed by atoms with Gasteiger partial charge in [-0.25, -0.2) is 4.98 Å². The zero-order valence-corrected chi connectivity index (χ0v) is 17.0. The van der Waals surface area contributed by atoms with Gasteiger partial charge in [-0.15, -0.1) is 0 Å². The number of rotatable bonds is 3. The lowest BCUT2D eigenvalue weighted by molar-refractivity contribution is -0.133. The Bertz CT molecular complexity index is 952. The molecular formula is C23H26N4O2. The standard InChI is InChI=1S/C23H26N4O2/c1-3-21(28)27-11-10-26(14-16(27)2)23-19(13-24)18-9-12-29-15-20(18)22(25-23)17-7-5-4-6-8-17/h4-8,16H,3,9-12,14-15H2,1-2H3. The minimum Gasteiger partial charge on any atom is -0.376 e. The molecule has 0 radical (unpaired) electrons. The molecule has 150 valence electrons. The van der Waals surface area contributed by atoms with Gasteiger partial charge in [0.05, 0.1) is 24.5 Å². The van der Waals surface area contributed by atoms with Crippen molar-refractivity contribution in [3.8, 4) is 17.3 Å². The number of pyridine rings is 1. The third kappa shape index (κ3) is 3.58. The maximum atomic E-state index is 12.2. The van der Waals surface area contributed by atoms with Crippen molar-refractivity contribution in [3.05, 3.63) is 47.0 Å². The van der Waals surface area contributed by atoms with Gasteiger partial charge in [0.25, 0.3) is 0 Å². The van der Waals surface area contributed by atoms with E-state index in [1.165, 1.54) is 0 Å². The van der Waals surface area contributed by atoms with Gasteiger partial charge in [0.2, 0.25) is 5.91 Å². The molecule has 1 unspecified atom stereocenters. The molecule has 2 aliphatic heterocycles. The zero-order chi connectivity index (χ0) is 20.4. The molecule has 0 spiro atoms. The molecule has 2 aliphatic rings. The van der Waals surface area contributed by atoms with E-state index in [2.05, 4.69) is 17.9 Å². The Kier molecular flexibility index (Phi) is 5.50. The second-order valence-electron chi connectivity index (χ2n) is 7.63. The van der Waals surface area contributed by atoms with Crippen LogP contribution < -0.4 is 4.90 Å². The molecule has 4 rings (SSSR count). The third-order valence-electron chi connectivity index (χ3n) is 5.84. The molecule has 1 amide bonds. The number of anilines is 1. The molecule has 6 heteroatoms. The molecule has 1 saturated heterocycles. The number of aromatic nitrogens is 1. The molecule has 0 N–H and O–H groups in total. The molecule has 0 bridgehead atoms. The van der Waals surface area contributed by atoms with Crippen LogP contribution in [0.1, 0.15) is 37.0 Å². The molecule has 1 fully saturated rings. The van der Waals surface area contributed by atoms with Crippen LogP contribution in [0.2, 0.25) is 0 Å². The largest absolute Gasteiger partial charge is 0.376 e. The van der Waals surface area contributed by atoms with E-state index in [0.29, 0.717) is 44.8 Å². The number of fused-ring (bicyclic) bond motifs is 1. The van der Waals surface area contributed by atoms with Crippen molar-refractivity contribution < 1.29 is 9.53 Å². The zero-order valence-electron chi connectivity index (χ0n) is 17.0. The lowest BCUT2D eigenvalue weighted by atomic mass is 9.93. The fraction of sp³-hybridized carbons (Fsp3) is 0.435. The van der Waals surface area contributed by atoms with Crippen LogP contribution >= 0.6 is 0 Å². The summed E-state index contributed by atoms with van der Waals surface area (Å²) in [5, 5.41) is 9.99. The highest BCUT2D eigenvalue weighted by Gasteiger charge is 2.31. The van der Waals surface area contributed by atoms with Gasteiger partial charge in [0, 0.05) is 43.2 Å². The van der Waals surface area contributed by atoms with E-state index in [9.17, 15) is 10.1 Å². The first kappa shape index (κ1) is 19.4. The first-order chi connectivity index (χ1) is 14.1. The Morgan fingerprint density at radius 2 is 2.07 bits per heavy atom. The SMILES string of the molecule is CCC(=O)N1CCN(c2nc(-c3ccccc3)c3c(c2C#N)CCOC3)CC1C. The molecule has 2 aromatic rings. The number of hydrogen-bond acceptors (Lipinski definition) is 5. The van der Waals surface area contributed by atoms with E-state index in [4.69, 9.17) is 9.72 Å². The Labute approximate surface area is 171 Å². The van der Waals surface area contributed by atoms with Crippen LogP contribution in [-0.4, -0.2) is 48.1 Å². The van der Waals surface area contributed by atoms with Gasteiger partial charge >= 0.3 is 0 Å². The lowest BCUT2D eigenvalue weighted by Crippen LogP contribution is -2.54. The maximum absolute atomic E-state index is 12.2. The molecule has 29 heavy (non-hydrogen) atoms. The summed E-state index contributed by atoms with van der Waals surface area (Å²) in [4.78, 5) is 21.3. The Morgan fingerprint density at radius 1 is 1.28 bits per heavy atom. The maximum Gasteiger partial charge on any atom is 0.222 e. The van der Waals surface area contributed by atoms with Crippen molar-refractivity contribution in [2.45, 2.75) is 39.3 Å². The molecule has 1 atom stereocenters. The van der Waals surface area contributed by atoms with Crippen LogP contribution in [0, 0.1) is 11.3 Å². The number of benzene rings is 1. The van der Waals surface area contributed by atoms with Crippen molar-refractivity contribution in [2.75, 3.05) is 31.1 Å². The number of carbonyl (C=O) groups excluding carboxylic acids is 1. The van der Waals surface area contributed by atoms with Crippen LogP contribution in [0.3, 0.4) is 0 Å². The van der Waals surface area contributed by atoms with E-state index in [1.54, 1.807) is 0 Å². The van der Waals surface area contributed by atoms with E-state index in [0.717, 1.165) is 34.6 Å². The molecule has 0 aliphatic carbocycles. The fourth-order valence-corrected chi connectivity index (χ4v) is 4.34. The number of ether oxygens (including phenoxy) is 1. The quantitative estimate of drug-likeness (QED) is 0.805. The van der Waals surface area contributed by atoms with Gasteiger partial charge in [-0.3, -0.25) is 4.79 Å². The minimum absolute atomic E-state index is 0.0871. The van der Waals surface area contributed by atoms with Crippen LogP contribution in [0.15, 0.2) is 30.3 Å².